The third-order valence-electron chi connectivity index (χ3n) is 4.15. The van der Waals surface area contributed by atoms with Crippen LogP contribution in [-0.4, -0.2) is 27.9 Å². The Morgan fingerprint density at radius 2 is 1.79 bits per heavy atom. The van der Waals surface area contributed by atoms with Crippen molar-refractivity contribution >= 4 is 28.1 Å². The number of hydrogen-bond acceptors (Lipinski definition) is 5. The average molecular weight is 393 g/mol. The van der Waals surface area contributed by atoms with Crippen molar-refractivity contribution < 1.29 is 9.18 Å². The molecule has 3 N–H and O–H groups in total. The lowest BCUT2D eigenvalue weighted by Crippen LogP contribution is -2.13. The van der Waals surface area contributed by atoms with Crippen LogP contribution in [0.5, 0.6) is 0 Å². The molecule has 6 nitrogen and oxygen atoms in total. The number of carbonyl (C=O) groups is 1. The van der Waals surface area contributed by atoms with Crippen LogP contribution in [0.2, 0.25) is 0 Å². The van der Waals surface area contributed by atoms with Gasteiger partial charge in [-0.2, -0.15) is 0 Å². The first kappa shape index (κ1) is 17.9. The Bertz CT molecular complexity index is 1090. The van der Waals surface area contributed by atoms with Gasteiger partial charge in [0.1, 0.15) is 23.0 Å². The van der Waals surface area contributed by atoms with E-state index in [2.05, 4.69) is 25.6 Å². The van der Waals surface area contributed by atoms with Gasteiger partial charge in [-0.05, 0) is 48.5 Å². The minimum Gasteiger partial charge on any atom is -0.388 e. The van der Waals surface area contributed by atoms with E-state index in [9.17, 15) is 9.18 Å². The lowest BCUT2D eigenvalue weighted by atomic mass is 10.1. The molecule has 0 aliphatic heterocycles. The van der Waals surface area contributed by atoms with Gasteiger partial charge >= 0.3 is 0 Å². The average Bonchev–Trinajstić information content (AvgIpc) is 3.39. The first-order chi connectivity index (χ1) is 13.6. The predicted octanol–water partition coefficient (Wildman–Crippen LogP) is 4.63. The highest BCUT2D eigenvalue weighted by Gasteiger charge is 2.20. The van der Waals surface area contributed by atoms with Gasteiger partial charge in [0.05, 0.1) is 0 Å². The molecule has 0 atom stereocenters. The summed E-state index contributed by atoms with van der Waals surface area (Å²) in [6.45, 7) is 0. The molecule has 1 amide bonds. The number of nitrogens with zero attached hydrogens (tertiary/aromatic N) is 2. The summed E-state index contributed by atoms with van der Waals surface area (Å²) in [6, 6.07) is 13.5. The Balaban J connectivity index is 1.76. The molecule has 0 radical (unpaired) electrons. The van der Waals surface area contributed by atoms with Crippen LogP contribution < -0.4 is 10.6 Å². The molecule has 0 saturated heterocycles. The Hall–Kier alpha value is -3.52. The number of halogens is 1. The van der Waals surface area contributed by atoms with Gasteiger partial charge < -0.3 is 10.3 Å². The first-order valence-corrected chi connectivity index (χ1v) is 9.37. The van der Waals surface area contributed by atoms with E-state index < -0.39 is 0 Å². The van der Waals surface area contributed by atoms with Crippen molar-refractivity contribution in [2.45, 2.75) is 0 Å². The van der Waals surface area contributed by atoms with E-state index in [4.69, 9.17) is 0 Å². The van der Waals surface area contributed by atoms with Crippen molar-refractivity contribution in [1.82, 2.24) is 15.0 Å². The summed E-state index contributed by atoms with van der Waals surface area (Å²) in [5.41, 5.74) is 3.17. The molecular formula is C20H16FN5OS. The molecule has 0 aliphatic carbocycles. The molecular weight excluding hydrogens is 377 g/mol. The summed E-state index contributed by atoms with van der Waals surface area (Å²) in [4.78, 5) is 24.6. The normalized spacial score (nSPS) is 10.6. The van der Waals surface area contributed by atoms with E-state index in [1.165, 1.54) is 23.5 Å². The standard InChI is InChI=1S/C20H16FN5OS/c1-22-15-8-4-13(5-9-15)18-24-16(12-2-6-14(21)7-3-12)17(25-18)19(27)26-20-23-10-11-28-20/h2-11,22H,1H3,(H,24,25)(H,23,26,27). The topological polar surface area (TPSA) is 82.7 Å². The van der Waals surface area contributed by atoms with Crippen molar-refractivity contribution in [2.75, 3.05) is 17.7 Å². The number of hydrogen-bond donors (Lipinski definition) is 3. The van der Waals surface area contributed by atoms with Crippen molar-refractivity contribution in [3.05, 3.63) is 71.6 Å². The largest absolute Gasteiger partial charge is 0.388 e. The second-order valence-corrected chi connectivity index (χ2v) is 6.83. The second-order valence-electron chi connectivity index (χ2n) is 5.93. The van der Waals surface area contributed by atoms with Crippen LogP contribution in [0.25, 0.3) is 22.6 Å². The van der Waals surface area contributed by atoms with E-state index in [0.717, 1.165) is 11.3 Å². The number of thiazole rings is 1. The summed E-state index contributed by atoms with van der Waals surface area (Å²) < 4.78 is 13.3. The van der Waals surface area contributed by atoms with Gasteiger partial charge in [0.2, 0.25) is 0 Å². The second kappa shape index (κ2) is 7.61. The van der Waals surface area contributed by atoms with Crippen LogP contribution in [0.3, 0.4) is 0 Å². The van der Waals surface area contributed by atoms with Gasteiger partial charge in [-0.3, -0.25) is 10.1 Å². The van der Waals surface area contributed by atoms with Crippen LogP contribution in [0.1, 0.15) is 10.5 Å². The summed E-state index contributed by atoms with van der Waals surface area (Å²) in [5, 5.41) is 8.08. The van der Waals surface area contributed by atoms with Gasteiger partial charge in [-0.25, -0.2) is 14.4 Å². The third kappa shape index (κ3) is 3.63. The van der Waals surface area contributed by atoms with Crippen molar-refractivity contribution in [2.24, 2.45) is 0 Å². The molecule has 2 aromatic carbocycles. The van der Waals surface area contributed by atoms with Gasteiger partial charge in [0, 0.05) is 35.4 Å². The van der Waals surface area contributed by atoms with Crippen LogP contribution in [0, 0.1) is 5.82 Å². The molecule has 140 valence electrons. The number of carbonyl (C=O) groups excluding carboxylic acids is 1. The number of anilines is 2. The zero-order valence-corrected chi connectivity index (χ0v) is 15.7. The molecule has 0 unspecified atom stereocenters. The number of aromatic nitrogens is 3. The molecule has 0 aliphatic rings. The fourth-order valence-corrected chi connectivity index (χ4v) is 3.25. The van der Waals surface area contributed by atoms with Crippen LogP contribution in [0.15, 0.2) is 60.1 Å². The Kier molecular flexibility index (Phi) is 4.86. The maximum Gasteiger partial charge on any atom is 0.276 e. The molecule has 4 rings (SSSR count). The van der Waals surface area contributed by atoms with Gasteiger partial charge in [0.15, 0.2) is 5.13 Å². The fourth-order valence-electron chi connectivity index (χ4n) is 2.73. The van der Waals surface area contributed by atoms with E-state index in [1.54, 1.807) is 23.7 Å². The highest BCUT2D eigenvalue weighted by atomic mass is 32.1. The van der Waals surface area contributed by atoms with Crippen LogP contribution in [0.4, 0.5) is 15.2 Å². The Labute approximate surface area is 164 Å². The number of aromatic amines is 1. The molecule has 28 heavy (non-hydrogen) atoms. The summed E-state index contributed by atoms with van der Waals surface area (Å²) in [6.07, 6.45) is 1.61. The highest BCUT2D eigenvalue weighted by Crippen LogP contribution is 2.28. The summed E-state index contributed by atoms with van der Waals surface area (Å²) in [7, 11) is 1.84. The molecule has 2 aromatic heterocycles. The van der Waals surface area contributed by atoms with Crippen LogP contribution >= 0.6 is 11.3 Å². The summed E-state index contributed by atoms with van der Waals surface area (Å²) >= 11 is 1.32. The molecule has 0 fully saturated rings. The van der Waals surface area contributed by atoms with Gasteiger partial charge in [-0.15, -0.1) is 11.3 Å². The lowest BCUT2D eigenvalue weighted by molar-refractivity contribution is 0.102. The maximum atomic E-state index is 13.3. The van der Waals surface area contributed by atoms with Gasteiger partial charge in [-0.1, -0.05) is 0 Å². The maximum absolute atomic E-state index is 13.3. The molecule has 2 heterocycles. The van der Waals surface area contributed by atoms with Crippen molar-refractivity contribution in [3.8, 4) is 22.6 Å². The smallest absolute Gasteiger partial charge is 0.276 e. The number of H-pyrrole nitrogens is 1. The fraction of sp³-hybridized carbons (Fsp3) is 0.0500. The Morgan fingerprint density at radius 3 is 2.43 bits per heavy atom. The number of amides is 1. The van der Waals surface area contributed by atoms with Crippen molar-refractivity contribution in [1.29, 1.82) is 0 Å². The molecule has 0 saturated carbocycles. The third-order valence-corrected chi connectivity index (χ3v) is 4.84. The highest BCUT2D eigenvalue weighted by molar-refractivity contribution is 7.13. The minimum atomic E-state index is -0.361. The number of nitrogens with one attached hydrogen (secondary N) is 3. The quantitative estimate of drug-likeness (QED) is 0.462. The number of benzene rings is 2. The monoisotopic (exact) mass is 393 g/mol. The first-order valence-electron chi connectivity index (χ1n) is 8.49. The van der Waals surface area contributed by atoms with Crippen molar-refractivity contribution in [3.63, 3.8) is 0 Å². The zero-order chi connectivity index (χ0) is 19.5. The lowest BCUT2D eigenvalue weighted by Gasteiger charge is -2.03. The summed E-state index contributed by atoms with van der Waals surface area (Å²) in [5.74, 6) is -0.165. The predicted molar refractivity (Wildman–Crippen MR) is 109 cm³/mol. The van der Waals surface area contributed by atoms with E-state index >= 15 is 0 Å². The minimum absolute atomic E-state index is 0.287. The molecule has 0 spiro atoms. The number of rotatable bonds is 5. The van der Waals surface area contributed by atoms with Crippen LogP contribution in [-0.2, 0) is 0 Å². The molecule has 0 bridgehead atoms. The Morgan fingerprint density at radius 1 is 1.07 bits per heavy atom. The molecule has 8 heteroatoms. The van der Waals surface area contributed by atoms with E-state index in [-0.39, 0.29) is 17.4 Å². The number of imidazole rings is 1. The van der Waals surface area contributed by atoms with E-state index in [1.807, 2.05) is 31.3 Å². The molecule has 4 aromatic rings. The van der Waals surface area contributed by atoms with E-state index in [0.29, 0.717) is 22.2 Å². The SMILES string of the molecule is CNc1ccc(-c2nc(-c3ccc(F)cc3)c(C(=O)Nc3nccs3)[nH]2)cc1. The van der Waals surface area contributed by atoms with Gasteiger partial charge in [0.25, 0.3) is 5.91 Å². The zero-order valence-electron chi connectivity index (χ0n) is 14.9.